The Morgan fingerprint density at radius 2 is 2.33 bits per heavy atom. The summed E-state index contributed by atoms with van der Waals surface area (Å²) in [5.74, 6) is 0.713. The van der Waals surface area contributed by atoms with Gasteiger partial charge in [0.1, 0.15) is 5.75 Å². The average molecular weight is 249 g/mol. The number of carbonyl (C=O) groups is 1. The van der Waals surface area contributed by atoms with Crippen LogP contribution in [0.5, 0.6) is 5.75 Å². The monoisotopic (exact) mass is 249 g/mol. The van der Waals surface area contributed by atoms with Gasteiger partial charge in [-0.25, -0.2) is 0 Å². The molecule has 1 heterocycles. The minimum Gasteiger partial charge on any atom is -0.495 e. The van der Waals surface area contributed by atoms with Crippen LogP contribution in [0.2, 0.25) is 0 Å². The summed E-state index contributed by atoms with van der Waals surface area (Å²) in [5, 5.41) is 9.51. The Hall–Kier alpha value is -1.75. The summed E-state index contributed by atoms with van der Waals surface area (Å²) in [6.07, 6.45) is 1.09. The van der Waals surface area contributed by atoms with Gasteiger partial charge in [0.2, 0.25) is 5.91 Å². The summed E-state index contributed by atoms with van der Waals surface area (Å²) in [5.41, 5.74) is 1.69. The van der Waals surface area contributed by atoms with Crippen LogP contribution >= 0.6 is 0 Å². The summed E-state index contributed by atoms with van der Waals surface area (Å²) >= 11 is 0. The molecule has 1 fully saturated rings. The molecular formula is C13H19N3O2. The van der Waals surface area contributed by atoms with Gasteiger partial charge in [0, 0.05) is 25.2 Å². The van der Waals surface area contributed by atoms with Crippen LogP contribution in [0, 0.1) is 0 Å². The van der Waals surface area contributed by atoms with E-state index in [-0.39, 0.29) is 5.91 Å². The smallest absolute Gasteiger partial charge is 0.221 e. The standard InChI is InChI=1S/C13H19N3O2/c1-9(17)15-10-3-4-13(18-2)12(7-10)16-11-5-6-14-8-11/h3-4,7,11,14,16H,5-6,8H2,1-2H3,(H,15,17). The van der Waals surface area contributed by atoms with Crippen LogP contribution in [0.4, 0.5) is 11.4 Å². The highest BCUT2D eigenvalue weighted by Crippen LogP contribution is 2.29. The van der Waals surface area contributed by atoms with E-state index in [1.54, 1.807) is 7.11 Å². The van der Waals surface area contributed by atoms with E-state index in [4.69, 9.17) is 4.74 Å². The third-order valence-electron chi connectivity index (χ3n) is 2.94. The normalized spacial score (nSPS) is 18.4. The maximum absolute atomic E-state index is 11.1. The SMILES string of the molecule is COc1ccc(NC(C)=O)cc1NC1CCNC1. The number of nitrogens with one attached hydrogen (secondary N) is 3. The number of carbonyl (C=O) groups excluding carboxylic acids is 1. The second-order valence-electron chi connectivity index (χ2n) is 4.43. The fraction of sp³-hybridized carbons (Fsp3) is 0.462. The van der Waals surface area contributed by atoms with E-state index in [2.05, 4.69) is 16.0 Å². The van der Waals surface area contributed by atoms with E-state index >= 15 is 0 Å². The number of benzene rings is 1. The Balaban J connectivity index is 2.15. The van der Waals surface area contributed by atoms with Gasteiger partial charge in [-0.1, -0.05) is 0 Å². The van der Waals surface area contributed by atoms with Crippen molar-refractivity contribution in [1.29, 1.82) is 0 Å². The van der Waals surface area contributed by atoms with Crippen molar-refractivity contribution in [3.8, 4) is 5.75 Å². The van der Waals surface area contributed by atoms with Crippen LogP contribution in [0.15, 0.2) is 18.2 Å². The summed E-state index contributed by atoms with van der Waals surface area (Å²) in [4.78, 5) is 11.1. The molecule has 0 aromatic heterocycles. The molecular weight excluding hydrogens is 230 g/mol. The average Bonchev–Trinajstić information content (AvgIpc) is 2.81. The topological polar surface area (TPSA) is 62.4 Å². The Kier molecular flexibility index (Phi) is 4.04. The van der Waals surface area contributed by atoms with E-state index in [0.717, 1.165) is 36.6 Å². The molecule has 2 rings (SSSR count). The molecule has 0 radical (unpaired) electrons. The molecule has 1 aromatic carbocycles. The van der Waals surface area contributed by atoms with Crippen molar-refractivity contribution >= 4 is 17.3 Å². The molecule has 1 saturated heterocycles. The number of anilines is 2. The highest BCUT2D eigenvalue weighted by atomic mass is 16.5. The molecule has 0 aliphatic carbocycles. The molecule has 0 saturated carbocycles. The second-order valence-corrected chi connectivity index (χ2v) is 4.43. The van der Waals surface area contributed by atoms with Crippen LogP contribution in [-0.4, -0.2) is 32.1 Å². The maximum Gasteiger partial charge on any atom is 0.221 e. The number of methoxy groups -OCH3 is 1. The highest BCUT2D eigenvalue weighted by Gasteiger charge is 2.16. The molecule has 3 N–H and O–H groups in total. The zero-order chi connectivity index (χ0) is 13.0. The van der Waals surface area contributed by atoms with Crippen molar-refractivity contribution in [1.82, 2.24) is 5.32 Å². The fourth-order valence-electron chi connectivity index (χ4n) is 2.10. The Bertz CT molecular complexity index is 428. The molecule has 1 aliphatic rings. The maximum atomic E-state index is 11.1. The number of hydrogen-bond acceptors (Lipinski definition) is 4. The van der Waals surface area contributed by atoms with Crippen molar-refractivity contribution in [2.45, 2.75) is 19.4 Å². The van der Waals surface area contributed by atoms with E-state index in [9.17, 15) is 4.79 Å². The second kappa shape index (κ2) is 5.73. The van der Waals surface area contributed by atoms with Crippen molar-refractivity contribution in [3.63, 3.8) is 0 Å². The van der Waals surface area contributed by atoms with Crippen LogP contribution < -0.4 is 20.7 Å². The first-order chi connectivity index (χ1) is 8.69. The van der Waals surface area contributed by atoms with Gasteiger partial charge in [0.15, 0.2) is 0 Å². The van der Waals surface area contributed by atoms with E-state index in [1.807, 2.05) is 18.2 Å². The number of hydrogen-bond donors (Lipinski definition) is 3. The van der Waals surface area contributed by atoms with Crippen LogP contribution in [-0.2, 0) is 4.79 Å². The lowest BCUT2D eigenvalue weighted by atomic mass is 10.2. The summed E-state index contributed by atoms with van der Waals surface area (Å²) in [6, 6.07) is 6.00. The predicted molar refractivity (Wildman–Crippen MR) is 72.2 cm³/mol. The molecule has 1 aromatic rings. The minimum atomic E-state index is -0.0753. The first-order valence-electron chi connectivity index (χ1n) is 6.12. The quantitative estimate of drug-likeness (QED) is 0.755. The van der Waals surface area contributed by atoms with Gasteiger partial charge in [-0.3, -0.25) is 4.79 Å². The fourth-order valence-corrected chi connectivity index (χ4v) is 2.10. The van der Waals surface area contributed by atoms with Crippen molar-refractivity contribution in [3.05, 3.63) is 18.2 Å². The predicted octanol–water partition coefficient (Wildman–Crippen LogP) is 1.43. The molecule has 5 nitrogen and oxygen atoms in total. The van der Waals surface area contributed by atoms with Gasteiger partial charge in [0.25, 0.3) is 0 Å². The summed E-state index contributed by atoms with van der Waals surface area (Å²) in [6.45, 7) is 3.48. The van der Waals surface area contributed by atoms with Crippen molar-refractivity contribution < 1.29 is 9.53 Å². The molecule has 1 atom stereocenters. The Labute approximate surface area is 107 Å². The Morgan fingerprint density at radius 3 is 2.94 bits per heavy atom. The van der Waals surface area contributed by atoms with Crippen LogP contribution in [0.1, 0.15) is 13.3 Å². The zero-order valence-electron chi connectivity index (χ0n) is 10.7. The molecule has 18 heavy (non-hydrogen) atoms. The lowest BCUT2D eigenvalue weighted by molar-refractivity contribution is -0.114. The zero-order valence-corrected chi connectivity index (χ0v) is 10.7. The van der Waals surface area contributed by atoms with Gasteiger partial charge in [-0.05, 0) is 31.2 Å². The molecule has 1 amide bonds. The number of ether oxygens (including phenoxy) is 1. The number of rotatable bonds is 4. The molecule has 1 unspecified atom stereocenters. The van der Waals surface area contributed by atoms with E-state index in [0.29, 0.717) is 6.04 Å². The summed E-state index contributed by atoms with van der Waals surface area (Å²) < 4.78 is 5.32. The number of amides is 1. The van der Waals surface area contributed by atoms with Gasteiger partial charge in [-0.2, -0.15) is 0 Å². The summed E-state index contributed by atoms with van der Waals surface area (Å²) in [7, 11) is 1.64. The third-order valence-corrected chi connectivity index (χ3v) is 2.94. The van der Waals surface area contributed by atoms with Gasteiger partial charge < -0.3 is 20.7 Å². The van der Waals surface area contributed by atoms with Crippen molar-refractivity contribution in [2.24, 2.45) is 0 Å². The van der Waals surface area contributed by atoms with Gasteiger partial charge in [0.05, 0.1) is 12.8 Å². The first kappa shape index (κ1) is 12.7. The molecule has 98 valence electrons. The lowest BCUT2D eigenvalue weighted by Gasteiger charge is -2.17. The van der Waals surface area contributed by atoms with Crippen molar-refractivity contribution in [2.75, 3.05) is 30.8 Å². The Morgan fingerprint density at radius 1 is 1.50 bits per heavy atom. The molecule has 0 spiro atoms. The molecule has 0 bridgehead atoms. The lowest BCUT2D eigenvalue weighted by Crippen LogP contribution is -2.22. The van der Waals surface area contributed by atoms with E-state index < -0.39 is 0 Å². The highest BCUT2D eigenvalue weighted by molar-refractivity contribution is 5.89. The van der Waals surface area contributed by atoms with Gasteiger partial charge >= 0.3 is 0 Å². The molecule has 5 heteroatoms. The molecule has 1 aliphatic heterocycles. The van der Waals surface area contributed by atoms with E-state index in [1.165, 1.54) is 6.92 Å². The first-order valence-corrected chi connectivity index (χ1v) is 6.12. The minimum absolute atomic E-state index is 0.0753. The third kappa shape index (κ3) is 3.13. The largest absolute Gasteiger partial charge is 0.495 e. The van der Waals surface area contributed by atoms with Gasteiger partial charge in [-0.15, -0.1) is 0 Å². The van der Waals surface area contributed by atoms with Crippen LogP contribution in [0.3, 0.4) is 0 Å². The van der Waals surface area contributed by atoms with Crippen LogP contribution in [0.25, 0.3) is 0 Å².